The molecule has 0 atom stereocenters. The summed E-state index contributed by atoms with van der Waals surface area (Å²) in [5.41, 5.74) is 11.0. The molecule has 3 heterocycles. The predicted octanol–water partition coefficient (Wildman–Crippen LogP) is 5.40. The highest BCUT2D eigenvalue weighted by Crippen LogP contribution is 2.34. The van der Waals surface area contributed by atoms with Crippen LogP contribution >= 0.6 is 0 Å². The molecule has 0 unspecified atom stereocenters. The van der Waals surface area contributed by atoms with Gasteiger partial charge in [-0.3, -0.25) is 4.57 Å². The summed E-state index contributed by atoms with van der Waals surface area (Å²) < 4.78 is 4.53. The molecule has 1 aliphatic heterocycles. The van der Waals surface area contributed by atoms with Crippen molar-refractivity contribution >= 4 is 11.0 Å². The zero-order valence-corrected chi connectivity index (χ0v) is 17.1. The van der Waals surface area contributed by atoms with Gasteiger partial charge in [-0.05, 0) is 41.3 Å². The van der Waals surface area contributed by atoms with Crippen LogP contribution < -0.4 is 4.57 Å². The van der Waals surface area contributed by atoms with Crippen molar-refractivity contribution in [2.45, 2.75) is 13.3 Å². The molecule has 0 bridgehead atoms. The van der Waals surface area contributed by atoms with Crippen molar-refractivity contribution in [3.63, 3.8) is 0 Å². The van der Waals surface area contributed by atoms with Crippen LogP contribution in [0.3, 0.4) is 0 Å². The highest BCUT2D eigenvalue weighted by atomic mass is 15.1. The molecule has 0 saturated carbocycles. The SMILES string of the molecule is Cc1ccc(-c2ccccc2)cc1-c1cc2c(c[n+]1C)nc1n2-c2ccccc2C1. The fourth-order valence-electron chi connectivity index (χ4n) is 4.63. The minimum atomic E-state index is 0.895. The number of aromatic nitrogens is 3. The van der Waals surface area contributed by atoms with E-state index in [1.54, 1.807) is 0 Å². The molecule has 0 aliphatic carbocycles. The maximum absolute atomic E-state index is 4.93. The van der Waals surface area contributed by atoms with Gasteiger partial charge in [-0.1, -0.05) is 60.7 Å². The highest BCUT2D eigenvalue weighted by Gasteiger charge is 2.25. The Morgan fingerprint density at radius 3 is 2.53 bits per heavy atom. The van der Waals surface area contributed by atoms with Crippen molar-refractivity contribution in [3.05, 3.63) is 102 Å². The highest BCUT2D eigenvalue weighted by molar-refractivity contribution is 5.83. The first-order valence-electron chi connectivity index (χ1n) is 10.3. The molecule has 6 rings (SSSR count). The Bertz CT molecular complexity index is 1430. The van der Waals surface area contributed by atoms with Gasteiger partial charge in [0.25, 0.3) is 0 Å². The number of fused-ring (bicyclic) bond motifs is 5. The Kier molecular flexibility index (Phi) is 3.66. The van der Waals surface area contributed by atoms with Gasteiger partial charge in [0.2, 0.25) is 5.69 Å². The molecule has 144 valence electrons. The van der Waals surface area contributed by atoms with E-state index in [4.69, 9.17) is 4.98 Å². The molecule has 3 heteroatoms. The van der Waals surface area contributed by atoms with Crippen LogP contribution in [0.15, 0.2) is 85.1 Å². The number of imidazole rings is 1. The van der Waals surface area contributed by atoms with Crippen molar-refractivity contribution < 1.29 is 4.57 Å². The predicted molar refractivity (Wildman–Crippen MR) is 121 cm³/mol. The smallest absolute Gasteiger partial charge is 0.214 e. The molecule has 2 aromatic heterocycles. The van der Waals surface area contributed by atoms with Crippen molar-refractivity contribution in [2.75, 3.05) is 0 Å². The van der Waals surface area contributed by atoms with Crippen LogP contribution in [0.1, 0.15) is 17.0 Å². The second-order valence-electron chi connectivity index (χ2n) is 8.10. The topological polar surface area (TPSA) is 21.7 Å². The second kappa shape index (κ2) is 6.39. The summed E-state index contributed by atoms with van der Waals surface area (Å²) in [6.45, 7) is 2.18. The van der Waals surface area contributed by atoms with Gasteiger partial charge in [0.15, 0.2) is 11.7 Å². The Morgan fingerprint density at radius 2 is 1.67 bits per heavy atom. The standard InChI is InChI=1S/C27H22N3/c1-18-12-13-20(19-8-4-3-5-9-19)14-22(18)25-16-26-23(17-29(25)2)28-27-15-21-10-6-7-11-24(21)30(26)27/h3-14,16-17H,15H2,1-2H3/q+1. The first kappa shape index (κ1) is 17.2. The van der Waals surface area contributed by atoms with Gasteiger partial charge in [0.1, 0.15) is 12.9 Å². The van der Waals surface area contributed by atoms with E-state index in [0.29, 0.717) is 0 Å². The van der Waals surface area contributed by atoms with E-state index in [-0.39, 0.29) is 0 Å². The van der Waals surface area contributed by atoms with Gasteiger partial charge >= 0.3 is 0 Å². The normalized spacial score (nSPS) is 12.2. The van der Waals surface area contributed by atoms with E-state index in [1.807, 2.05) is 0 Å². The minimum absolute atomic E-state index is 0.895. The van der Waals surface area contributed by atoms with Crippen LogP contribution in [0.2, 0.25) is 0 Å². The Morgan fingerprint density at radius 1 is 0.867 bits per heavy atom. The fraction of sp³-hybridized carbons (Fsp3) is 0.111. The average molecular weight is 388 g/mol. The maximum atomic E-state index is 4.93. The quantitative estimate of drug-likeness (QED) is 0.364. The summed E-state index contributed by atoms with van der Waals surface area (Å²) in [4.78, 5) is 4.93. The molecule has 0 amide bonds. The number of aryl methyl sites for hydroxylation is 2. The van der Waals surface area contributed by atoms with Gasteiger partial charge in [-0.25, -0.2) is 4.98 Å². The van der Waals surface area contributed by atoms with Gasteiger partial charge in [0, 0.05) is 18.1 Å². The van der Waals surface area contributed by atoms with Crippen LogP contribution in [-0.4, -0.2) is 9.55 Å². The number of pyridine rings is 1. The Labute approximate surface area is 175 Å². The molecule has 30 heavy (non-hydrogen) atoms. The number of benzene rings is 3. The second-order valence-corrected chi connectivity index (χ2v) is 8.10. The summed E-state index contributed by atoms with van der Waals surface area (Å²) in [7, 11) is 2.11. The van der Waals surface area contributed by atoms with Crippen LogP contribution in [-0.2, 0) is 13.5 Å². The molecule has 0 N–H and O–H groups in total. The van der Waals surface area contributed by atoms with Crippen molar-refractivity contribution in [1.82, 2.24) is 9.55 Å². The fourth-order valence-corrected chi connectivity index (χ4v) is 4.63. The van der Waals surface area contributed by atoms with E-state index < -0.39 is 0 Å². The first-order chi connectivity index (χ1) is 14.7. The molecular weight excluding hydrogens is 366 g/mol. The third-order valence-corrected chi connectivity index (χ3v) is 6.18. The van der Waals surface area contributed by atoms with E-state index in [2.05, 4.69) is 108 Å². The molecule has 0 radical (unpaired) electrons. The third kappa shape index (κ3) is 2.52. The lowest BCUT2D eigenvalue weighted by atomic mass is 9.97. The molecule has 5 aromatic rings. The molecule has 0 fully saturated rings. The van der Waals surface area contributed by atoms with Gasteiger partial charge in [-0.2, -0.15) is 4.57 Å². The lowest BCUT2D eigenvalue weighted by molar-refractivity contribution is -0.659. The van der Waals surface area contributed by atoms with Crippen LogP contribution in [0.25, 0.3) is 39.1 Å². The summed E-state index contributed by atoms with van der Waals surface area (Å²) in [5.74, 6) is 1.12. The summed E-state index contributed by atoms with van der Waals surface area (Å²) >= 11 is 0. The van der Waals surface area contributed by atoms with E-state index in [9.17, 15) is 0 Å². The number of rotatable bonds is 2. The minimum Gasteiger partial charge on any atom is -0.295 e. The van der Waals surface area contributed by atoms with E-state index in [0.717, 1.165) is 17.8 Å². The lowest BCUT2D eigenvalue weighted by Crippen LogP contribution is -2.30. The zero-order valence-electron chi connectivity index (χ0n) is 17.1. The van der Waals surface area contributed by atoms with Crippen LogP contribution in [0, 0.1) is 6.92 Å². The molecule has 0 saturated heterocycles. The average Bonchev–Trinajstić information content (AvgIpc) is 3.29. The maximum Gasteiger partial charge on any atom is 0.214 e. The molecule has 1 aliphatic rings. The van der Waals surface area contributed by atoms with Crippen LogP contribution in [0.4, 0.5) is 0 Å². The largest absolute Gasteiger partial charge is 0.295 e. The molecule has 3 nitrogen and oxygen atoms in total. The van der Waals surface area contributed by atoms with Gasteiger partial charge < -0.3 is 0 Å². The Hall–Kier alpha value is -3.72. The lowest BCUT2D eigenvalue weighted by Gasteiger charge is -2.09. The third-order valence-electron chi connectivity index (χ3n) is 6.18. The molecule has 3 aromatic carbocycles. The molecular formula is C27H22N3+. The first-order valence-corrected chi connectivity index (χ1v) is 10.3. The van der Waals surface area contributed by atoms with Crippen molar-refractivity contribution in [3.8, 4) is 28.1 Å². The monoisotopic (exact) mass is 388 g/mol. The zero-order chi connectivity index (χ0) is 20.2. The number of para-hydroxylation sites is 1. The Balaban J connectivity index is 1.57. The summed E-state index contributed by atoms with van der Waals surface area (Å²) in [6, 6.07) is 28.2. The number of hydrogen-bond donors (Lipinski definition) is 0. The van der Waals surface area contributed by atoms with Gasteiger partial charge in [-0.15, -0.1) is 0 Å². The van der Waals surface area contributed by atoms with E-state index in [1.165, 1.54) is 44.7 Å². The molecule has 0 spiro atoms. The van der Waals surface area contributed by atoms with Crippen LogP contribution in [0.5, 0.6) is 0 Å². The summed E-state index contributed by atoms with van der Waals surface area (Å²) in [5, 5.41) is 0. The summed E-state index contributed by atoms with van der Waals surface area (Å²) in [6.07, 6.45) is 3.06. The van der Waals surface area contributed by atoms with Crippen molar-refractivity contribution in [1.29, 1.82) is 0 Å². The number of hydrogen-bond acceptors (Lipinski definition) is 1. The van der Waals surface area contributed by atoms with E-state index >= 15 is 0 Å². The van der Waals surface area contributed by atoms with Gasteiger partial charge in [0.05, 0.1) is 11.2 Å². The number of nitrogens with zero attached hydrogens (tertiary/aromatic N) is 3. The van der Waals surface area contributed by atoms with Crippen molar-refractivity contribution in [2.24, 2.45) is 7.05 Å².